The summed E-state index contributed by atoms with van der Waals surface area (Å²) in [5.74, 6) is 0.466. The Morgan fingerprint density at radius 1 is 1.45 bits per heavy atom. The first-order valence-corrected chi connectivity index (χ1v) is 4.88. The molecule has 1 heterocycles. The van der Waals surface area contributed by atoms with E-state index in [1.165, 1.54) is 4.68 Å². The summed E-state index contributed by atoms with van der Waals surface area (Å²) in [7, 11) is -1.67. The van der Waals surface area contributed by atoms with Crippen LogP contribution in [0.2, 0.25) is 0 Å². The van der Waals surface area contributed by atoms with Crippen molar-refractivity contribution in [2.45, 2.75) is 12.1 Å². The van der Waals surface area contributed by atoms with Gasteiger partial charge in [0.05, 0.1) is 0 Å². The summed E-state index contributed by atoms with van der Waals surface area (Å²) in [4.78, 5) is 3.75. The third-order valence-corrected chi connectivity index (χ3v) is 2.18. The number of sulfone groups is 1. The van der Waals surface area contributed by atoms with E-state index in [1.54, 1.807) is 14.0 Å². The van der Waals surface area contributed by atoms with Crippen molar-refractivity contribution in [2.75, 3.05) is 6.26 Å². The summed E-state index contributed by atoms with van der Waals surface area (Å²) in [6.45, 7) is 1.65. The van der Waals surface area contributed by atoms with E-state index in [9.17, 15) is 8.42 Å². The minimum atomic E-state index is -3.22. The predicted molar refractivity (Wildman–Crippen MR) is 38.8 cm³/mol. The molecule has 0 aliphatic carbocycles. The third-order valence-electron chi connectivity index (χ3n) is 1.16. The van der Waals surface area contributed by atoms with E-state index in [0.717, 1.165) is 6.26 Å². The van der Waals surface area contributed by atoms with E-state index in [4.69, 9.17) is 0 Å². The van der Waals surface area contributed by atoms with Gasteiger partial charge in [0, 0.05) is 13.3 Å². The Labute approximate surface area is 65.0 Å². The second-order valence-electron chi connectivity index (χ2n) is 2.34. The quantitative estimate of drug-likeness (QED) is 0.578. The van der Waals surface area contributed by atoms with Crippen molar-refractivity contribution < 1.29 is 8.42 Å². The Hall–Kier alpha value is -0.910. The molecule has 0 bridgehead atoms. The molecule has 0 N–H and O–H groups in total. The van der Waals surface area contributed by atoms with Crippen molar-refractivity contribution in [3.8, 4) is 0 Å². The molecule has 1 rings (SSSR count). The summed E-state index contributed by atoms with van der Waals surface area (Å²) in [6.07, 6.45) is 1.11. The Morgan fingerprint density at radius 2 is 2.00 bits per heavy atom. The fourth-order valence-electron chi connectivity index (χ4n) is 0.816. The van der Waals surface area contributed by atoms with Crippen molar-refractivity contribution in [2.24, 2.45) is 7.05 Å². The van der Waals surface area contributed by atoms with Crippen LogP contribution in [-0.4, -0.2) is 29.4 Å². The molecule has 0 spiro atoms. The lowest BCUT2D eigenvalue weighted by molar-refractivity contribution is 0.575. The maximum atomic E-state index is 10.9. The smallest absolute Gasteiger partial charge is 0.240 e. The minimum absolute atomic E-state index is 0.00926. The molecular formula is C5H9N3O2S. The van der Waals surface area contributed by atoms with E-state index >= 15 is 0 Å². The van der Waals surface area contributed by atoms with Gasteiger partial charge in [-0.15, -0.1) is 0 Å². The van der Waals surface area contributed by atoms with Gasteiger partial charge in [-0.2, -0.15) is 5.10 Å². The SMILES string of the molecule is Cc1nc(S(C)(=O)=O)n(C)n1. The number of hydrogen-bond acceptors (Lipinski definition) is 4. The van der Waals surface area contributed by atoms with Crippen molar-refractivity contribution in [1.82, 2.24) is 14.8 Å². The van der Waals surface area contributed by atoms with Crippen molar-refractivity contribution >= 4 is 9.84 Å². The molecule has 1 aromatic rings. The molecule has 0 unspecified atom stereocenters. The van der Waals surface area contributed by atoms with Gasteiger partial charge >= 0.3 is 0 Å². The second kappa shape index (κ2) is 2.30. The highest BCUT2D eigenvalue weighted by atomic mass is 32.2. The van der Waals surface area contributed by atoms with E-state index in [2.05, 4.69) is 10.1 Å². The summed E-state index contributed by atoms with van der Waals surface area (Å²) < 4.78 is 23.1. The molecular weight excluding hydrogens is 166 g/mol. The fraction of sp³-hybridized carbons (Fsp3) is 0.600. The molecule has 11 heavy (non-hydrogen) atoms. The average molecular weight is 175 g/mol. The van der Waals surface area contributed by atoms with Gasteiger partial charge in [-0.3, -0.25) is 0 Å². The molecule has 0 aliphatic rings. The van der Waals surface area contributed by atoms with Gasteiger partial charge in [0.15, 0.2) is 0 Å². The van der Waals surface area contributed by atoms with Gasteiger partial charge in [-0.25, -0.2) is 18.1 Å². The third kappa shape index (κ3) is 1.56. The zero-order chi connectivity index (χ0) is 8.65. The van der Waals surface area contributed by atoms with Crippen LogP contribution in [0, 0.1) is 6.92 Å². The number of aryl methyl sites for hydroxylation is 2. The zero-order valence-corrected chi connectivity index (χ0v) is 7.38. The maximum Gasteiger partial charge on any atom is 0.245 e. The van der Waals surface area contributed by atoms with Crippen LogP contribution < -0.4 is 0 Å². The van der Waals surface area contributed by atoms with Gasteiger partial charge in [0.25, 0.3) is 0 Å². The molecule has 1 aromatic heterocycles. The summed E-state index contributed by atoms with van der Waals surface area (Å²) >= 11 is 0. The highest BCUT2D eigenvalue weighted by Gasteiger charge is 2.14. The van der Waals surface area contributed by atoms with Crippen LogP contribution in [0.1, 0.15) is 5.82 Å². The first kappa shape index (κ1) is 8.19. The van der Waals surface area contributed by atoms with Crippen LogP contribution in [0.15, 0.2) is 5.16 Å². The van der Waals surface area contributed by atoms with Gasteiger partial charge in [-0.1, -0.05) is 0 Å². The molecule has 62 valence electrons. The topological polar surface area (TPSA) is 64.8 Å². The van der Waals surface area contributed by atoms with Crippen LogP contribution >= 0.6 is 0 Å². The Morgan fingerprint density at radius 3 is 2.18 bits per heavy atom. The average Bonchev–Trinajstić information content (AvgIpc) is 2.08. The number of nitrogens with zero attached hydrogens (tertiary/aromatic N) is 3. The first-order chi connectivity index (χ1) is 4.91. The highest BCUT2D eigenvalue weighted by molar-refractivity contribution is 7.90. The first-order valence-electron chi connectivity index (χ1n) is 2.99. The molecule has 0 aliphatic heterocycles. The number of rotatable bonds is 1. The Bertz CT molecular complexity index is 365. The van der Waals surface area contributed by atoms with Crippen molar-refractivity contribution in [3.63, 3.8) is 0 Å². The van der Waals surface area contributed by atoms with Gasteiger partial charge in [0.2, 0.25) is 15.0 Å². The summed E-state index contributed by atoms with van der Waals surface area (Å²) in [5, 5.41) is 3.81. The Balaban J connectivity index is 3.36. The number of aromatic nitrogens is 3. The van der Waals surface area contributed by atoms with E-state index in [1.807, 2.05) is 0 Å². The predicted octanol–water partition coefficient (Wildman–Crippen LogP) is -0.473. The second-order valence-corrected chi connectivity index (χ2v) is 4.25. The van der Waals surface area contributed by atoms with Gasteiger partial charge in [0.1, 0.15) is 5.82 Å². The summed E-state index contributed by atoms with van der Waals surface area (Å²) in [6, 6.07) is 0. The normalized spacial score (nSPS) is 11.9. The monoisotopic (exact) mass is 175 g/mol. The lowest BCUT2D eigenvalue weighted by Gasteiger charge is -1.93. The van der Waals surface area contributed by atoms with Crippen molar-refractivity contribution in [3.05, 3.63) is 5.82 Å². The largest absolute Gasteiger partial charge is 0.245 e. The van der Waals surface area contributed by atoms with E-state index in [-0.39, 0.29) is 5.16 Å². The summed E-state index contributed by atoms with van der Waals surface area (Å²) in [5.41, 5.74) is 0. The van der Waals surface area contributed by atoms with Crippen LogP contribution in [0.5, 0.6) is 0 Å². The van der Waals surface area contributed by atoms with E-state index in [0.29, 0.717) is 5.82 Å². The molecule has 6 heteroatoms. The molecule has 0 amide bonds. The van der Waals surface area contributed by atoms with Crippen molar-refractivity contribution in [1.29, 1.82) is 0 Å². The standard InChI is InChI=1S/C5H9N3O2S/c1-4-6-5(8(2)7-4)11(3,9)10/h1-3H3. The molecule has 0 radical (unpaired) electrons. The van der Waals surface area contributed by atoms with Crippen LogP contribution in [0.3, 0.4) is 0 Å². The molecule has 0 saturated carbocycles. The molecule has 5 nitrogen and oxygen atoms in total. The number of hydrogen-bond donors (Lipinski definition) is 0. The lowest BCUT2D eigenvalue weighted by Crippen LogP contribution is -2.06. The van der Waals surface area contributed by atoms with E-state index < -0.39 is 9.84 Å². The fourth-order valence-corrected chi connectivity index (χ4v) is 1.63. The van der Waals surface area contributed by atoms with Crippen LogP contribution in [0.25, 0.3) is 0 Å². The molecule has 0 aromatic carbocycles. The van der Waals surface area contributed by atoms with Gasteiger partial charge < -0.3 is 0 Å². The molecule has 0 atom stereocenters. The zero-order valence-electron chi connectivity index (χ0n) is 6.57. The molecule has 0 fully saturated rings. The maximum absolute atomic E-state index is 10.9. The highest BCUT2D eigenvalue weighted by Crippen LogP contribution is 2.02. The van der Waals surface area contributed by atoms with Crippen LogP contribution in [0.4, 0.5) is 0 Å². The molecule has 0 saturated heterocycles. The minimum Gasteiger partial charge on any atom is -0.240 e. The lowest BCUT2D eigenvalue weighted by atomic mass is 10.8. The van der Waals surface area contributed by atoms with Gasteiger partial charge in [-0.05, 0) is 6.92 Å². The van der Waals surface area contributed by atoms with Crippen LogP contribution in [-0.2, 0) is 16.9 Å². The Kier molecular flexibility index (Phi) is 1.71.